The van der Waals surface area contributed by atoms with Crippen molar-refractivity contribution in [2.24, 2.45) is 5.92 Å². The van der Waals surface area contributed by atoms with Gasteiger partial charge in [0.25, 0.3) is 0 Å². The smallest absolute Gasteiger partial charge is 0.125 e. The molecule has 13 heavy (non-hydrogen) atoms. The number of benzene rings is 1. The van der Waals surface area contributed by atoms with Crippen LogP contribution in [0.15, 0.2) is 12.1 Å². The molecular weight excluding hydrogens is 189 g/mol. The van der Waals surface area contributed by atoms with Crippen LogP contribution in [0.1, 0.15) is 19.4 Å². The zero-order valence-corrected chi connectivity index (χ0v) is 8.53. The second kappa shape index (κ2) is 3.97. The van der Waals surface area contributed by atoms with Crippen molar-refractivity contribution in [1.29, 1.82) is 0 Å². The molecule has 72 valence electrons. The molecule has 0 fully saturated rings. The molecule has 3 heteroatoms. The minimum absolute atomic E-state index is 0.302. The minimum atomic E-state index is -0.324. The van der Waals surface area contributed by atoms with E-state index < -0.39 is 0 Å². The van der Waals surface area contributed by atoms with Crippen LogP contribution >= 0.6 is 11.6 Å². The molecule has 0 aromatic heterocycles. The van der Waals surface area contributed by atoms with Crippen LogP contribution < -0.4 is 5.73 Å². The maximum atomic E-state index is 12.9. The number of hydrogen-bond donors (Lipinski definition) is 1. The van der Waals surface area contributed by atoms with Crippen LogP contribution in [-0.4, -0.2) is 0 Å². The Hall–Kier alpha value is -0.760. The maximum Gasteiger partial charge on any atom is 0.125 e. The Morgan fingerprint density at radius 3 is 2.62 bits per heavy atom. The molecule has 0 atom stereocenters. The van der Waals surface area contributed by atoms with E-state index in [1.807, 2.05) is 0 Å². The van der Waals surface area contributed by atoms with E-state index in [4.69, 9.17) is 17.3 Å². The van der Waals surface area contributed by atoms with Crippen molar-refractivity contribution in [1.82, 2.24) is 0 Å². The second-order valence-electron chi connectivity index (χ2n) is 3.56. The van der Waals surface area contributed by atoms with Gasteiger partial charge in [-0.25, -0.2) is 4.39 Å². The molecule has 0 unspecified atom stereocenters. The van der Waals surface area contributed by atoms with E-state index in [1.165, 1.54) is 12.1 Å². The lowest BCUT2D eigenvalue weighted by atomic mass is 10.0. The number of rotatable bonds is 2. The van der Waals surface area contributed by atoms with E-state index in [9.17, 15) is 4.39 Å². The highest BCUT2D eigenvalue weighted by Crippen LogP contribution is 2.26. The van der Waals surface area contributed by atoms with Crippen molar-refractivity contribution >= 4 is 17.3 Å². The molecule has 0 aliphatic carbocycles. The molecule has 0 amide bonds. The van der Waals surface area contributed by atoms with Gasteiger partial charge in [-0.1, -0.05) is 25.4 Å². The van der Waals surface area contributed by atoms with Crippen LogP contribution in [0, 0.1) is 11.7 Å². The quantitative estimate of drug-likeness (QED) is 0.731. The summed E-state index contributed by atoms with van der Waals surface area (Å²) >= 11 is 5.74. The Kier molecular flexibility index (Phi) is 3.15. The molecule has 0 radical (unpaired) electrons. The Labute approximate surface area is 82.7 Å². The number of nitrogen functional groups attached to an aromatic ring is 1. The third kappa shape index (κ3) is 2.59. The first-order valence-corrected chi connectivity index (χ1v) is 4.62. The molecule has 0 aliphatic rings. The summed E-state index contributed by atoms with van der Waals surface area (Å²) in [5.74, 6) is 0.120. The van der Waals surface area contributed by atoms with Gasteiger partial charge < -0.3 is 5.73 Å². The van der Waals surface area contributed by atoms with E-state index in [1.54, 1.807) is 0 Å². The summed E-state index contributed by atoms with van der Waals surface area (Å²) < 4.78 is 12.9. The van der Waals surface area contributed by atoms with Crippen molar-refractivity contribution in [3.63, 3.8) is 0 Å². The Balaban J connectivity index is 3.05. The number of halogens is 2. The average Bonchev–Trinajstić information content (AvgIpc) is 1.98. The number of nitrogens with two attached hydrogens (primary N) is 1. The van der Waals surface area contributed by atoms with E-state index in [0.29, 0.717) is 16.6 Å². The van der Waals surface area contributed by atoms with E-state index in [-0.39, 0.29) is 5.82 Å². The molecular formula is C10H13ClFN. The van der Waals surface area contributed by atoms with Gasteiger partial charge >= 0.3 is 0 Å². The Morgan fingerprint density at radius 2 is 2.08 bits per heavy atom. The first-order valence-electron chi connectivity index (χ1n) is 4.24. The zero-order valence-electron chi connectivity index (χ0n) is 7.77. The molecule has 0 saturated carbocycles. The van der Waals surface area contributed by atoms with Gasteiger partial charge in [0.2, 0.25) is 0 Å². The molecule has 0 bridgehead atoms. The summed E-state index contributed by atoms with van der Waals surface area (Å²) in [4.78, 5) is 0. The SMILES string of the molecule is CC(C)Cc1cc(F)cc(Cl)c1N. The first kappa shape index (κ1) is 10.3. The topological polar surface area (TPSA) is 26.0 Å². The third-order valence-corrected chi connectivity index (χ3v) is 2.12. The van der Waals surface area contributed by atoms with Gasteiger partial charge in [0.1, 0.15) is 5.82 Å². The summed E-state index contributed by atoms with van der Waals surface area (Å²) in [6.45, 7) is 4.11. The van der Waals surface area contributed by atoms with Crippen molar-refractivity contribution in [3.05, 3.63) is 28.5 Å². The normalized spacial score (nSPS) is 10.8. The van der Waals surface area contributed by atoms with Gasteiger partial charge in [0, 0.05) is 0 Å². The van der Waals surface area contributed by atoms with Crippen LogP contribution in [0.25, 0.3) is 0 Å². The van der Waals surface area contributed by atoms with Crippen LogP contribution in [0.4, 0.5) is 10.1 Å². The van der Waals surface area contributed by atoms with Crippen LogP contribution in [-0.2, 0) is 6.42 Å². The van der Waals surface area contributed by atoms with Gasteiger partial charge in [-0.2, -0.15) is 0 Å². The largest absolute Gasteiger partial charge is 0.397 e. The molecule has 1 nitrogen and oxygen atoms in total. The Morgan fingerprint density at radius 1 is 1.46 bits per heavy atom. The van der Waals surface area contributed by atoms with E-state index in [0.717, 1.165) is 12.0 Å². The fourth-order valence-corrected chi connectivity index (χ4v) is 1.47. The molecule has 1 aromatic carbocycles. The van der Waals surface area contributed by atoms with Crippen LogP contribution in [0.2, 0.25) is 5.02 Å². The second-order valence-corrected chi connectivity index (χ2v) is 3.97. The highest BCUT2D eigenvalue weighted by atomic mass is 35.5. The highest BCUT2D eigenvalue weighted by Gasteiger charge is 2.07. The summed E-state index contributed by atoms with van der Waals surface area (Å²) in [7, 11) is 0. The molecule has 1 rings (SSSR count). The van der Waals surface area contributed by atoms with Crippen molar-refractivity contribution < 1.29 is 4.39 Å². The van der Waals surface area contributed by atoms with Gasteiger partial charge in [0.15, 0.2) is 0 Å². The Bertz CT molecular complexity index is 310. The standard InChI is InChI=1S/C10H13ClFN/c1-6(2)3-7-4-8(12)5-9(11)10(7)13/h4-6H,3,13H2,1-2H3. The molecule has 2 N–H and O–H groups in total. The lowest BCUT2D eigenvalue weighted by Gasteiger charge is -2.09. The number of anilines is 1. The molecule has 0 spiro atoms. The fraction of sp³-hybridized carbons (Fsp3) is 0.400. The van der Waals surface area contributed by atoms with Gasteiger partial charge in [-0.05, 0) is 30.0 Å². The van der Waals surface area contributed by atoms with Crippen LogP contribution in [0.5, 0.6) is 0 Å². The van der Waals surface area contributed by atoms with E-state index >= 15 is 0 Å². The highest BCUT2D eigenvalue weighted by molar-refractivity contribution is 6.33. The number of hydrogen-bond acceptors (Lipinski definition) is 1. The summed E-state index contributed by atoms with van der Waals surface area (Å²) in [6, 6.07) is 2.68. The van der Waals surface area contributed by atoms with Crippen LogP contribution in [0.3, 0.4) is 0 Å². The van der Waals surface area contributed by atoms with Crippen molar-refractivity contribution in [2.75, 3.05) is 5.73 Å². The minimum Gasteiger partial charge on any atom is -0.397 e. The molecule has 0 saturated heterocycles. The zero-order chi connectivity index (χ0) is 10.0. The van der Waals surface area contributed by atoms with Crippen molar-refractivity contribution in [2.45, 2.75) is 20.3 Å². The van der Waals surface area contributed by atoms with E-state index in [2.05, 4.69) is 13.8 Å². The van der Waals surface area contributed by atoms with Crippen molar-refractivity contribution in [3.8, 4) is 0 Å². The maximum absolute atomic E-state index is 12.9. The lowest BCUT2D eigenvalue weighted by Crippen LogP contribution is -2.01. The first-order chi connectivity index (χ1) is 6.00. The molecule has 0 aliphatic heterocycles. The fourth-order valence-electron chi connectivity index (χ4n) is 1.25. The van der Waals surface area contributed by atoms with Gasteiger partial charge in [0.05, 0.1) is 10.7 Å². The average molecular weight is 202 g/mol. The predicted octanol–water partition coefficient (Wildman–Crippen LogP) is 3.26. The lowest BCUT2D eigenvalue weighted by molar-refractivity contribution is 0.614. The molecule has 0 heterocycles. The summed E-state index contributed by atoms with van der Waals surface area (Å²) in [5.41, 5.74) is 6.99. The monoisotopic (exact) mass is 201 g/mol. The summed E-state index contributed by atoms with van der Waals surface area (Å²) in [5, 5.41) is 0.302. The van der Waals surface area contributed by atoms with Gasteiger partial charge in [-0.15, -0.1) is 0 Å². The summed E-state index contributed by atoms with van der Waals surface area (Å²) in [6.07, 6.45) is 0.753. The predicted molar refractivity (Wildman–Crippen MR) is 54.4 cm³/mol. The van der Waals surface area contributed by atoms with Gasteiger partial charge in [-0.3, -0.25) is 0 Å². The third-order valence-electron chi connectivity index (χ3n) is 1.81. The molecule has 1 aromatic rings.